The molecule has 0 aromatic rings. The van der Waals surface area contributed by atoms with Gasteiger partial charge in [-0.1, -0.05) is 65.2 Å². The van der Waals surface area contributed by atoms with Gasteiger partial charge in [-0.25, -0.2) is 4.79 Å². The van der Waals surface area contributed by atoms with Crippen LogP contribution in [0.2, 0.25) is 0 Å². The van der Waals surface area contributed by atoms with Crippen LogP contribution < -0.4 is 0 Å². The summed E-state index contributed by atoms with van der Waals surface area (Å²) in [5.41, 5.74) is 0. The van der Waals surface area contributed by atoms with Gasteiger partial charge in [0.05, 0.1) is 4.91 Å². The largest absolute Gasteiger partial charge is 0.478 e. The Hall–Kier alpha value is -1.30. The molecule has 1 aliphatic rings. The summed E-state index contributed by atoms with van der Waals surface area (Å²) in [4.78, 5) is 29.9. The number of carboxylic acid groups (broad SMARTS) is 1. The summed E-state index contributed by atoms with van der Waals surface area (Å²) in [6.45, 7) is 5.69. The monoisotopic (exact) mass is 368 g/mol. The van der Waals surface area contributed by atoms with Crippen molar-refractivity contribution in [3.63, 3.8) is 0 Å². The number of hydrogen-bond acceptors (Lipinski definition) is 4. The van der Waals surface area contributed by atoms with Gasteiger partial charge in [-0.05, 0) is 24.6 Å². The number of rotatable bonds is 13. The Bertz CT molecular complexity index is 489. The Kier molecular flexibility index (Phi) is 11.3. The highest BCUT2D eigenvalue weighted by molar-refractivity contribution is 8.18. The number of aliphatic imine (C=N–C) groups is 1. The molecule has 1 N–H and O–H groups in total. The van der Waals surface area contributed by atoms with Crippen molar-refractivity contribution in [2.75, 3.05) is 13.1 Å². The van der Waals surface area contributed by atoms with E-state index in [2.05, 4.69) is 18.8 Å². The van der Waals surface area contributed by atoms with Gasteiger partial charge in [0.25, 0.3) is 5.91 Å². The highest BCUT2D eigenvalue weighted by atomic mass is 32.2. The number of hydrogen-bond donors (Lipinski definition) is 1. The molecule has 0 saturated carbocycles. The molecule has 1 saturated heterocycles. The van der Waals surface area contributed by atoms with E-state index in [-0.39, 0.29) is 10.8 Å². The fourth-order valence-corrected chi connectivity index (χ4v) is 3.69. The number of thioether (sulfide) groups is 1. The van der Waals surface area contributed by atoms with Crippen molar-refractivity contribution in [1.82, 2.24) is 4.90 Å². The second kappa shape index (κ2) is 13.0. The second-order valence-electron chi connectivity index (χ2n) is 6.40. The number of unbranched alkanes of at least 4 members (excludes halogenated alkanes) is 8. The van der Waals surface area contributed by atoms with Crippen LogP contribution >= 0.6 is 11.8 Å². The third kappa shape index (κ3) is 8.56. The van der Waals surface area contributed by atoms with Crippen molar-refractivity contribution in [1.29, 1.82) is 0 Å². The lowest BCUT2D eigenvalue weighted by molar-refractivity contribution is -0.132. The van der Waals surface area contributed by atoms with Crippen molar-refractivity contribution in [2.45, 2.75) is 78.1 Å². The number of nitrogens with zero attached hydrogens (tertiary/aromatic N) is 2. The molecule has 25 heavy (non-hydrogen) atoms. The minimum absolute atomic E-state index is 0.215. The molecule has 142 valence electrons. The zero-order valence-corrected chi connectivity index (χ0v) is 16.4. The Balaban J connectivity index is 2.59. The summed E-state index contributed by atoms with van der Waals surface area (Å²) >= 11 is 1.20. The van der Waals surface area contributed by atoms with E-state index in [4.69, 9.17) is 5.11 Å². The van der Waals surface area contributed by atoms with Crippen LogP contribution in [0.5, 0.6) is 0 Å². The van der Waals surface area contributed by atoms with Crippen LogP contribution in [0.25, 0.3) is 0 Å². The lowest BCUT2D eigenvalue weighted by Crippen LogP contribution is -2.30. The average Bonchev–Trinajstić information content (AvgIpc) is 2.86. The molecule has 1 heterocycles. The molecule has 1 rings (SSSR count). The van der Waals surface area contributed by atoms with Crippen LogP contribution in [0.4, 0.5) is 0 Å². The van der Waals surface area contributed by atoms with Crippen LogP contribution in [0, 0.1) is 0 Å². The lowest BCUT2D eigenvalue weighted by atomic mass is 10.1. The first kappa shape index (κ1) is 21.7. The zero-order chi connectivity index (χ0) is 18.5. The van der Waals surface area contributed by atoms with Gasteiger partial charge in [0.15, 0.2) is 5.17 Å². The van der Waals surface area contributed by atoms with Crippen LogP contribution in [0.15, 0.2) is 16.0 Å². The average molecular weight is 369 g/mol. The summed E-state index contributed by atoms with van der Waals surface area (Å²) in [7, 11) is 0. The molecule has 0 bridgehead atoms. The molecule has 0 spiro atoms. The molecular weight excluding hydrogens is 336 g/mol. The first-order chi connectivity index (χ1) is 12.1. The standard InChI is InChI=1S/C19H32N2O3S/c1-3-5-7-9-11-13-20-19-21(14-12-10-8-6-4-2)18(24)16(25-19)15-17(22)23/h15H,3-14H2,1-2H3,(H,22,23)/b16-15-,20-19+. The summed E-state index contributed by atoms with van der Waals surface area (Å²) in [5, 5.41) is 9.60. The van der Waals surface area contributed by atoms with Gasteiger partial charge in [0.1, 0.15) is 0 Å². The third-order valence-corrected chi connectivity index (χ3v) is 5.18. The Morgan fingerprint density at radius 3 is 2.24 bits per heavy atom. The van der Waals surface area contributed by atoms with E-state index in [0.717, 1.165) is 31.8 Å². The number of carbonyl (C=O) groups is 2. The minimum atomic E-state index is -1.08. The van der Waals surface area contributed by atoms with Crippen LogP contribution in [-0.2, 0) is 9.59 Å². The predicted octanol–water partition coefficient (Wildman–Crippen LogP) is 4.83. The highest BCUT2D eigenvalue weighted by Crippen LogP contribution is 2.31. The Morgan fingerprint density at radius 2 is 1.64 bits per heavy atom. The molecule has 0 aliphatic carbocycles. The van der Waals surface area contributed by atoms with E-state index in [0.29, 0.717) is 18.3 Å². The normalized spacial score (nSPS) is 17.8. The van der Waals surface area contributed by atoms with Gasteiger partial charge >= 0.3 is 5.97 Å². The number of aliphatic carboxylic acids is 1. The SMILES string of the molecule is CCCCCCC/N=C1/S/C(=C\C(=O)O)C(=O)N1CCCCCCC. The molecule has 0 aromatic heterocycles. The molecule has 6 heteroatoms. The fourth-order valence-electron chi connectivity index (χ4n) is 2.70. The van der Waals surface area contributed by atoms with Gasteiger partial charge in [-0.3, -0.25) is 14.7 Å². The first-order valence-electron chi connectivity index (χ1n) is 9.58. The third-order valence-electron chi connectivity index (χ3n) is 4.14. The molecule has 1 aliphatic heterocycles. The molecule has 0 aromatic carbocycles. The van der Waals surface area contributed by atoms with E-state index in [9.17, 15) is 9.59 Å². The maximum atomic E-state index is 12.4. The van der Waals surface area contributed by atoms with E-state index in [1.165, 1.54) is 50.3 Å². The first-order valence-corrected chi connectivity index (χ1v) is 10.4. The molecule has 1 amide bonds. The molecule has 1 fully saturated rings. The van der Waals surface area contributed by atoms with E-state index in [1.807, 2.05) is 0 Å². The number of amidine groups is 1. The summed E-state index contributed by atoms with van der Waals surface area (Å²) in [6.07, 6.45) is 12.5. The predicted molar refractivity (Wildman–Crippen MR) is 105 cm³/mol. The lowest BCUT2D eigenvalue weighted by Gasteiger charge is -2.15. The molecule has 0 radical (unpaired) electrons. The van der Waals surface area contributed by atoms with Crippen LogP contribution in [0.1, 0.15) is 78.1 Å². The maximum absolute atomic E-state index is 12.4. The highest BCUT2D eigenvalue weighted by Gasteiger charge is 2.33. The number of carbonyl (C=O) groups excluding carboxylic acids is 1. The minimum Gasteiger partial charge on any atom is -0.478 e. The molecular formula is C19H32N2O3S. The summed E-state index contributed by atoms with van der Waals surface area (Å²) in [5.74, 6) is -1.30. The maximum Gasteiger partial charge on any atom is 0.329 e. The molecule has 5 nitrogen and oxygen atoms in total. The quantitative estimate of drug-likeness (QED) is 0.373. The van der Waals surface area contributed by atoms with E-state index in [1.54, 1.807) is 4.90 Å². The molecule has 0 unspecified atom stereocenters. The zero-order valence-electron chi connectivity index (χ0n) is 15.6. The van der Waals surface area contributed by atoms with Gasteiger partial charge in [-0.15, -0.1) is 0 Å². The van der Waals surface area contributed by atoms with E-state index < -0.39 is 5.97 Å². The number of amides is 1. The Labute approximate surface area is 156 Å². The van der Waals surface area contributed by atoms with Crippen molar-refractivity contribution < 1.29 is 14.7 Å². The van der Waals surface area contributed by atoms with Crippen molar-refractivity contribution in [2.24, 2.45) is 4.99 Å². The Morgan fingerprint density at radius 1 is 1.04 bits per heavy atom. The van der Waals surface area contributed by atoms with Gasteiger partial charge in [0, 0.05) is 19.2 Å². The van der Waals surface area contributed by atoms with Crippen molar-refractivity contribution in [3.05, 3.63) is 11.0 Å². The van der Waals surface area contributed by atoms with Crippen LogP contribution in [-0.4, -0.2) is 40.1 Å². The van der Waals surface area contributed by atoms with Gasteiger partial charge in [-0.2, -0.15) is 0 Å². The van der Waals surface area contributed by atoms with E-state index >= 15 is 0 Å². The van der Waals surface area contributed by atoms with Gasteiger partial charge < -0.3 is 5.11 Å². The topological polar surface area (TPSA) is 70.0 Å². The van der Waals surface area contributed by atoms with Crippen molar-refractivity contribution >= 4 is 28.8 Å². The molecule has 0 atom stereocenters. The summed E-state index contributed by atoms with van der Waals surface area (Å²) < 4.78 is 0. The summed E-state index contributed by atoms with van der Waals surface area (Å²) in [6, 6.07) is 0. The second-order valence-corrected chi connectivity index (χ2v) is 7.41. The van der Waals surface area contributed by atoms with Crippen LogP contribution in [0.3, 0.4) is 0 Å². The fraction of sp³-hybridized carbons (Fsp3) is 0.737. The smallest absolute Gasteiger partial charge is 0.329 e. The van der Waals surface area contributed by atoms with Crippen molar-refractivity contribution in [3.8, 4) is 0 Å². The number of carboxylic acids is 1. The van der Waals surface area contributed by atoms with Gasteiger partial charge in [0.2, 0.25) is 0 Å².